The lowest BCUT2D eigenvalue weighted by Gasteiger charge is -2.17. The van der Waals surface area contributed by atoms with Gasteiger partial charge in [-0.1, -0.05) is 34.9 Å². The summed E-state index contributed by atoms with van der Waals surface area (Å²) in [6.07, 6.45) is 7.63. The maximum atomic E-state index is 12.6. The fraction of sp³-hybridized carbons (Fsp3) is 0.400. The van der Waals surface area contributed by atoms with Gasteiger partial charge in [-0.2, -0.15) is 0 Å². The first-order chi connectivity index (χ1) is 13.6. The third-order valence-corrected chi connectivity index (χ3v) is 4.76. The van der Waals surface area contributed by atoms with Gasteiger partial charge in [-0.3, -0.25) is 0 Å². The van der Waals surface area contributed by atoms with E-state index < -0.39 is 0 Å². The minimum Gasteiger partial charge on any atom is -0.504 e. The van der Waals surface area contributed by atoms with Crippen LogP contribution in [0.4, 0.5) is 0 Å². The molecule has 0 saturated heterocycles. The first-order valence-electron chi connectivity index (χ1n) is 9.93. The van der Waals surface area contributed by atoms with E-state index in [1.165, 1.54) is 0 Å². The van der Waals surface area contributed by atoms with Gasteiger partial charge in [-0.15, -0.1) is 0 Å². The van der Waals surface area contributed by atoms with Crippen LogP contribution in [0.2, 0.25) is 0 Å². The maximum absolute atomic E-state index is 12.6. The normalized spacial score (nSPS) is 10.6. The first kappa shape index (κ1) is 22.5. The second-order valence-electron chi connectivity index (χ2n) is 8.10. The maximum Gasteiger partial charge on any atom is 0.339 e. The number of allylic oxidation sites excluding steroid dienone is 6. The molecule has 0 amide bonds. The third-order valence-electron chi connectivity index (χ3n) is 4.76. The Hall–Kier alpha value is -2.75. The monoisotopic (exact) mass is 396 g/mol. The molecule has 4 nitrogen and oxygen atoms in total. The van der Waals surface area contributed by atoms with Gasteiger partial charge in [-0.05, 0) is 66.9 Å². The quantitative estimate of drug-likeness (QED) is 0.458. The molecule has 0 aliphatic rings. The van der Waals surface area contributed by atoms with Crippen LogP contribution in [0, 0.1) is 0 Å². The van der Waals surface area contributed by atoms with Gasteiger partial charge in [-0.25, -0.2) is 4.79 Å². The molecule has 0 aliphatic carbocycles. The van der Waals surface area contributed by atoms with E-state index in [4.69, 9.17) is 9.15 Å². The Morgan fingerprint density at radius 3 is 1.97 bits per heavy atom. The topological polar surface area (TPSA) is 59.7 Å². The minimum absolute atomic E-state index is 0.0369. The summed E-state index contributed by atoms with van der Waals surface area (Å²) >= 11 is 0. The summed E-state index contributed by atoms with van der Waals surface area (Å²) < 4.78 is 11.4. The minimum atomic E-state index is -0.369. The van der Waals surface area contributed by atoms with Crippen molar-refractivity contribution in [2.24, 2.45) is 0 Å². The van der Waals surface area contributed by atoms with Gasteiger partial charge < -0.3 is 14.3 Å². The van der Waals surface area contributed by atoms with Gasteiger partial charge in [0.15, 0.2) is 11.5 Å². The Bertz CT molecular complexity index is 1040. The second kappa shape index (κ2) is 9.64. The van der Waals surface area contributed by atoms with Crippen molar-refractivity contribution in [2.45, 2.75) is 60.8 Å². The first-order valence-corrected chi connectivity index (χ1v) is 9.93. The molecule has 0 radical (unpaired) electrons. The van der Waals surface area contributed by atoms with E-state index in [9.17, 15) is 9.90 Å². The standard InChI is InChI=1S/C25H32O4/c1-15(2)8-11-18-14-21-19(12-9-16(3)4)24(28-7)22(26)20(13-10-17(5)6)23(21)29-25(18)27/h8-10,14,26H,11-13H2,1-7H3. The molecule has 2 aromatic rings. The highest BCUT2D eigenvalue weighted by Crippen LogP contribution is 2.42. The molecule has 1 aromatic heterocycles. The average Bonchev–Trinajstić information content (AvgIpc) is 2.63. The molecule has 1 heterocycles. The predicted octanol–water partition coefficient (Wildman–Crippen LogP) is 6.03. The van der Waals surface area contributed by atoms with E-state index in [2.05, 4.69) is 6.08 Å². The molecular weight excluding hydrogens is 364 g/mol. The highest BCUT2D eigenvalue weighted by molar-refractivity contribution is 5.90. The number of rotatable bonds is 7. The molecule has 1 N–H and O–H groups in total. The van der Waals surface area contributed by atoms with Crippen molar-refractivity contribution < 1.29 is 14.3 Å². The number of phenols is 1. The Morgan fingerprint density at radius 2 is 1.45 bits per heavy atom. The molecule has 0 saturated carbocycles. The number of hydrogen-bond acceptors (Lipinski definition) is 4. The zero-order valence-corrected chi connectivity index (χ0v) is 18.6. The van der Waals surface area contributed by atoms with Crippen LogP contribution in [0.25, 0.3) is 11.0 Å². The molecule has 0 atom stereocenters. The zero-order chi connectivity index (χ0) is 21.7. The number of phenolic OH excluding ortho intramolecular Hbond substituents is 1. The van der Waals surface area contributed by atoms with E-state index in [0.29, 0.717) is 41.7 Å². The van der Waals surface area contributed by atoms with Crippen LogP contribution in [0.1, 0.15) is 58.2 Å². The number of hydrogen-bond donors (Lipinski definition) is 1. The molecule has 0 unspecified atom stereocenters. The Balaban J connectivity index is 2.89. The van der Waals surface area contributed by atoms with Gasteiger partial charge in [0.1, 0.15) is 5.58 Å². The SMILES string of the molecule is COc1c(O)c(CC=C(C)C)c2oc(=O)c(CC=C(C)C)cc2c1CC=C(C)C. The van der Waals surface area contributed by atoms with Crippen LogP contribution in [0.15, 0.2) is 50.2 Å². The van der Waals surface area contributed by atoms with Gasteiger partial charge >= 0.3 is 5.63 Å². The van der Waals surface area contributed by atoms with Crippen molar-refractivity contribution in [3.63, 3.8) is 0 Å². The third kappa shape index (κ3) is 5.41. The number of aromatic hydroxyl groups is 1. The lowest BCUT2D eigenvalue weighted by molar-refractivity contribution is 0.367. The Labute approximate surface area is 173 Å². The molecule has 0 aliphatic heterocycles. The highest BCUT2D eigenvalue weighted by Gasteiger charge is 2.22. The van der Waals surface area contributed by atoms with Crippen LogP contribution in [0.3, 0.4) is 0 Å². The lowest BCUT2D eigenvalue weighted by atomic mass is 9.95. The lowest BCUT2D eigenvalue weighted by Crippen LogP contribution is -2.09. The van der Waals surface area contributed by atoms with Crippen molar-refractivity contribution in [2.75, 3.05) is 7.11 Å². The summed E-state index contributed by atoms with van der Waals surface area (Å²) in [4.78, 5) is 12.6. The van der Waals surface area contributed by atoms with Crippen molar-refractivity contribution in [3.8, 4) is 11.5 Å². The van der Waals surface area contributed by atoms with Gasteiger partial charge in [0.25, 0.3) is 0 Å². The van der Waals surface area contributed by atoms with Gasteiger partial charge in [0.2, 0.25) is 0 Å². The molecular formula is C25H32O4. The van der Waals surface area contributed by atoms with E-state index in [0.717, 1.165) is 27.7 Å². The molecule has 29 heavy (non-hydrogen) atoms. The van der Waals surface area contributed by atoms with E-state index in [1.807, 2.05) is 59.8 Å². The Kier molecular flexibility index (Phi) is 7.49. The van der Waals surface area contributed by atoms with Gasteiger partial charge in [0.05, 0.1) is 7.11 Å². The van der Waals surface area contributed by atoms with Crippen molar-refractivity contribution in [1.29, 1.82) is 0 Å². The van der Waals surface area contributed by atoms with Crippen LogP contribution < -0.4 is 10.4 Å². The predicted molar refractivity (Wildman–Crippen MR) is 120 cm³/mol. The summed E-state index contributed by atoms with van der Waals surface area (Å²) in [6.45, 7) is 12.0. The molecule has 1 aromatic carbocycles. The summed E-state index contributed by atoms with van der Waals surface area (Å²) in [5.74, 6) is 0.476. The van der Waals surface area contributed by atoms with E-state index in [-0.39, 0.29) is 11.4 Å². The number of ether oxygens (including phenoxy) is 1. The Morgan fingerprint density at radius 1 is 0.931 bits per heavy atom. The van der Waals surface area contributed by atoms with Crippen LogP contribution in [0.5, 0.6) is 11.5 Å². The zero-order valence-electron chi connectivity index (χ0n) is 18.6. The molecule has 0 bridgehead atoms. The highest BCUT2D eigenvalue weighted by atomic mass is 16.5. The molecule has 4 heteroatoms. The summed E-state index contributed by atoms with van der Waals surface area (Å²) in [6, 6.07) is 1.89. The molecule has 0 spiro atoms. The summed E-state index contributed by atoms with van der Waals surface area (Å²) in [5, 5.41) is 11.7. The van der Waals surface area contributed by atoms with Crippen molar-refractivity contribution in [3.05, 3.63) is 68.1 Å². The van der Waals surface area contributed by atoms with E-state index in [1.54, 1.807) is 7.11 Å². The van der Waals surface area contributed by atoms with Crippen LogP contribution in [-0.2, 0) is 19.3 Å². The smallest absolute Gasteiger partial charge is 0.339 e. The van der Waals surface area contributed by atoms with Crippen LogP contribution >= 0.6 is 0 Å². The van der Waals surface area contributed by atoms with Crippen LogP contribution in [-0.4, -0.2) is 12.2 Å². The van der Waals surface area contributed by atoms with Crippen molar-refractivity contribution in [1.82, 2.24) is 0 Å². The summed E-state index contributed by atoms with van der Waals surface area (Å²) in [5.41, 5.74) is 5.48. The largest absolute Gasteiger partial charge is 0.504 e. The second-order valence-corrected chi connectivity index (χ2v) is 8.10. The summed E-state index contributed by atoms with van der Waals surface area (Å²) in [7, 11) is 1.56. The molecule has 156 valence electrons. The fourth-order valence-corrected chi connectivity index (χ4v) is 3.15. The molecule has 0 fully saturated rings. The fourth-order valence-electron chi connectivity index (χ4n) is 3.15. The van der Waals surface area contributed by atoms with E-state index >= 15 is 0 Å². The number of fused-ring (bicyclic) bond motifs is 1. The average molecular weight is 397 g/mol. The van der Waals surface area contributed by atoms with Gasteiger partial charge in [0, 0.05) is 22.1 Å². The molecule has 2 rings (SSSR count). The number of benzene rings is 1. The van der Waals surface area contributed by atoms with Crippen molar-refractivity contribution >= 4 is 11.0 Å². The number of methoxy groups -OCH3 is 1.